The molecule has 4 amide bonds. The first kappa shape index (κ1) is 32.3. The summed E-state index contributed by atoms with van der Waals surface area (Å²) in [6.07, 6.45) is 0.806. The Labute approximate surface area is 251 Å². The zero-order valence-corrected chi connectivity index (χ0v) is 24.0. The molecule has 0 aromatic heterocycles. The lowest BCUT2D eigenvalue weighted by Crippen LogP contribution is -2.48. The monoisotopic (exact) mass is 585 g/mol. The lowest BCUT2D eigenvalue weighted by Gasteiger charge is -2.23. The zero-order chi connectivity index (χ0) is 31.0. The Morgan fingerprint density at radius 1 is 0.698 bits per heavy atom. The summed E-state index contributed by atoms with van der Waals surface area (Å²) in [4.78, 5) is 53.9. The summed E-state index contributed by atoms with van der Waals surface area (Å²) in [6, 6.07) is 25.4. The van der Waals surface area contributed by atoms with Gasteiger partial charge in [-0.25, -0.2) is 0 Å². The molecule has 0 saturated carbocycles. The van der Waals surface area contributed by atoms with Crippen molar-refractivity contribution in [2.45, 2.75) is 50.7 Å². The molecule has 3 aromatic rings. The Morgan fingerprint density at radius 2 is 1.28 bits per heavy atom. The van der Waals surface area contributed by atoms with Gasteiger partial charge in [-0.2, -0.15) is 0 Å². The first-order valence-electron chi connectivity index (χ1n) is 14.1. The minimum atomic E-state index is -0.829. The van der Waals surface area contributed by atoms with E-state index in [1.54, 1.807) is 0 Å². The average molecular weight is 586 g/mol. The molecule has 0 aliphatic heterocycles. The number of aliphatic imine (C=N–C) groups is 1. The molecule has 0 unspecified atom stereocenters. The number of nitrogens with zero attached hydrogens (tertiary/aromatic N) is 1. The SMILES string of the molecule is NC(=O)CCC(=O)NCc1cccc(CNC(=O)[C@@H](CCCN=C(N)N)NC(=O)C(c2ccccc2)c2ccccc2)c1. The number of hydrogen-bond donors (Lipinski definition) is 6. The highest BCUT2D eigenvalue weighted by Crippen LogP contribution is 2.25. The number of nitrogens with one attached hydrogen (secondary N) is 3. The van der Waals surface area contributed by atoms with Gasteiger partial charge < -0.3 is 33.2 Å². The summed E-state index contributed by atoms with van der Waals surface area (Å²) in [5.41, 5.74) is 19.2. The van der Waals surface area contributed by atoms with Crippen molar-refractivity contribution in [3.63, 3.8) is 0 Å². The van der Waals surface area contributed by atoms with Crippen LogP contribution in [-0.2, 0) is 32.3 Å². The Balaban J connectivity index is 1.69. The molecule has 11 nitrogen and oxygen atoms in total. The number of carbonyl (C=O) groups is 4. The van der Waals surface area contributed by atoms with E-state index >= 15 is 0 Å². The number of nitrogens with two attached hydrogens (primary N) is 3. The van der Waals surface area contributed by atoms with Crippen LogP contribution in [0.5, 0.6) is 0 Å². The van der Waals surface area contributed by atoms with Crippen LogP contribution in [0.25, 0.3) is 0 Å². The molecular formula is C32H39N7O4. The van der Waals surface area contributed by atoms with Crippen LogP contribution in [0, 0.1) is 0 Å². The molecular weight excluding hydrogens is 546 g/mol. The quantitative estimate of drug-likeness (QED) is 0.0838. The van der Waals surface area contributed by atoms with Crippen LogP contribution in [0.4, 0.5) is 0 Å². The van der Waals surface area contributed by atoms with Crippen molar-refractivity contribution in [1.82, 2.24) is 16.0 Å². The summed E-state index contributed by atoms with van der Waals surface area (Å²) in [7, 11) is 0. The lowest BCUT2D eigenvalue weighted by atomic mass is 9.90. The molecule has 0 heterocycles. The molecule has 1 atom stereocenters. The smallest absolute Gasteiger partial charge is 0.242 e. The fraction of sp³-hybridized carbons (Fsp3) is 0.281. The Hall–Kier alpha value is -5.19. The number of benzene rings is 3. The van der Waals surface area contributed by atoms with Gasteiger partial charge in [0.15, 0.2) is 5.96 Å². The van der Waals surface area contributed by atoms with Gasteiger partial charge in [0.2, 0.25) is 23.6 Å². The molecule has 226 valence electrons. The first-order chi connectivity index (χ1) is 20.7. The van der Waals surface area contributed by atoms with E-state index in [0.717, 1.165) is 22.3 Å². The molecule has 43 heavy (non-hydrogen) atoms. The highest BCUT2D eigenvalue weighted by Gasteiger charge is 2.27. The minimum absolute atomic E-state index is 0.0149. The lowest BCUT2D eigenvalue weighted by molar-refractivity contribution is -0.129. The van der Waals surface area contributed by atoms with Gasteiger partial charge in [0.05, 0.1) is 5.92 Å². The molecule has 0 saturated heterocycles. The second kappa shape index (κ2) is 16.9. The Kier molecular flexibility index (Phi) is 12.7. The van der Waals surface area contributed by atoms with Gasteiger partial charge in [-0.1, -0.05) is 84.9 Å². The molecule has 11 heteroatoms. The van der Waals surface area contributed by atoms with Crippen molar-refractivity contribution in [1.29, 1.82) is 0 Å². The minimum Gasteiger partial charge on any atom is -0.370 e. The van der Waals surface area contributed by atoms with Crippen LogP contribution in [0.1, 0.15) is 53.9 Å². The van der Waals surface area contributed by atoms with Crippen LogP contribution in [0.3, 0.4) is 0 Å². The molecule has 0 fully saturated rings. The van der Waals surface area contributed by atoms with Crippen molar-refractivity contribution < 1.29 is 19.2 Å². The first-order valence-corrected chi connectivity index (χ1v) is 14.1. The van der Waals surface area contributed by atoms with Crippen LogP contribution in [-0.4, -0.2) is 42.2 Å². The van der Waals surface area contributed by atoms with E-state index in [2.05, 4.69) is 20.9 Å². The Bertz CT molecular complexity index is 1350. The summed E-state index contributed by atoms with van der Waals surface area (Å²) in [5, 5.41) is 8.63. The van der Waals surface area contributed by atoms with Gasteiger partial charge in [0.25, 0.3) is 0 Å². The van der Waals surface area contributed by atoms with Gasteiger partial charge in [0, 0.05) is 32.5 Å². The molecule has 0 radical (unpaired) electrons. The van der Waals surface area contributed by atoms with Gasteiger partial charge in [-0.15, -0.1) is 0 Å². The number of guanidine groups is 1. The number of primary amides is 1. The van der Waals surface area contributed by atoms with E-state index in [-0.39, 0.29) is 49.6 Å². The standard InChI is InChI=1S/C32H39N7O4/c33-27(40)16-17-28(41)37-20-22-9-7-10-23(19-22)21-38-30(42)26(15-8-18-36-32(34)35)39-31(43)29(24-11-3-1-4-12-24)25-13-5-2-6-14-25/h1-7,9-14,19,26,29H,8,15-18,20-21H2,(H2,33,40)(H,37,41)(H,38,42)(H,39,43)(H4,34,35,36)/t26-/m1/s1. The molecule has 3 aromatic carbocycles. The van der Waals surface area contributed by atoms with Crippen molar-refractivity contribution in [3.05, 3.63) is 107 Å². The zero-order valence-electron chi connectivity index (χ0n) is 24.0. The van der Waals surface area contributed by atoms with Gasteiger partial charge in [-0.3, -0.25) is 24.2 Å². The summed E-state index contributed by atoms with van der Waals surface area (Å²) in [5.74, 6) is -2.10. The van der Waals surface area contributed by atoms with Crippen LogP contribution < -0.4 is 33.2 Å². The summed E-state index contributed by atoms with van der Waals surface area (Å²) >= 11 is 0. The summed E-state index contributed by atoms with van der Waals surface area (Å²) < 4.78 is 0. The number of rotatable bonds is 16. The number of carbonyl (C=O) groups excluding carboxylic acids is 4. The molecule has 0 aliphatic carbocycles. The fourth-order valence-electron chi connectivity index (χ4n) is 4.50. The van der Waals surface area contributed by atoms with Crippen molar-refractivity contribution in [2.75, 3.05) is 6.54 Å². The second-order valence-electron chi connectivity index (χ2n) is 10.0. The van der Waals surface area contributed by atoms with E-state index in [9.17, 15) is 19.2 Å². The number of hydrogen-bond acceptors (Lipinski definition) is 5. The van der Waals surface area contributed by atoms with E-state index < -0.39 is 17.9 Å². The molecule has 9 N–H and O–H groups in total. The van der Waals surface area contributed by atoms with E-state index in [1.807, 2.05) is 84.9 Å². The third-order valence-corrected chi connectivity index (χ3v) is 6.65. The van der Waals surface area contributed by atoms with E-state index in [1.165, 1.54) is 0 Å². The Morgan fingerprint density at radius 3 is 1.84 bits per heavy atom. The maximum atomic E-state index is 13.7. The molecule has 3 rings (SSSR count). The largest absolute Gasteiger partial charge is 0.370 e. The summed E-state index contributed by atoms with van der Waals surface area (Å²) in [6.45, 7) is 0.794. The maximum Gasteiger partial charge on any atom is 0.242 e. The third kappa shape index (κ3) is 11.3. The van der Waals surface area contributed by atoms with Crippen molar-refractivity contribution >= 4 is 29.6 Å². The normalized spacial score (nSPS) is 11.3. The highest BCUT2D eigenvalue weighted by atomic mass is 16.2. The average Bonchev–Trinajstić information content (AvgIpc) is 3.00. The second-order valence-corrected chi connectivity index (χ2v) is 10.0. The third-order valence-electron chi connectivity index (χ3n) is 6.65. The van der Waals surface area contributed by atoms with Gasteiger partial charge in [0.1, 0.15) is 6.04 Å². The van der Waals surface area contributed by atoms with E-state index in [0.29, 0.717) is 19.4 Å². The molecule has 0 spiro atoms. The fourth-order valence-corrected chi connectivity index (χ4v) is 4.50. The predicted octanol–water partition coefficient (Wildman–Crippen LogP) is 1.56. The van der Waals surface area contributed by atoms with Gasteiger partial charge in [-0.05, 0) is 35.1 Å². The highest BCUT2D eigenvalue weighted by molar-refractivity contribution is 5.92. The topological polar surface area (TPSA) is 195 Å². The van der Waals surface area contributed by atoms with Crippen LogP contribution >= 0.6 is 0 Å². The van der Waals surface area contributed by atoms with Crippen molar-refractivity contribution in [3.8, 4) is 0 Å². The van der Waals surface area contributed by atoms with Crippen LogP contribution in [0.2, 0.25) is 0 Å². The predicted molar refractivity (Wildman–Crippen MR) is 165 cm³/mol. The van der Waals surface area contributed by atoms with Crippen LogP contribution in [0.15, 0.2) is 89.9 Å². The molecule has 0 bridgehead atoms. The number of amides is 4. The maximum absolute atomic E-state index is 13.7. The van der Waals surface area contributed by atoms with E-state index in [4.69, 9.17) is 17.2 Å². The van der Waals surface area contributed by atoms with Crippen molar-refractivity contribution in [2.24, 2.45) is 22.2 Å². The van der Waals surface area contributed by atoms with Gasteiger partial charge >= 0.3 is 0 Å². The molecule has 0 aliphatic rings.